The van der Waals surface area contributed by atoms with Crippen molar-refractivity contribution in [3.05, 3.63) is 64.6 Å². The van der Waals surface area contributed by atoms with E-state index in [0.29, 0.717) is 25.2 Å². The van der Waals surface area contributed by atoms with Crippen molar-refractivity contribution >= 4 is 43.5 Å². The highest BCUT2D eigenvalue weighted by Crippen LogP contribution is 2.19. The molecule has 1 N–H and O–H groups in total. The molecule has 0 aliphatic heterocycles. The second kappa shape index (κ2) is 12.7. The van der Waals surface area contributed by atoms with Gasteiger partial charge in [-0.3, -0.25) is 13.9 Å². The van der Waals surface area contributed by atoms with Gasteiger partial charge in [0, 0.05) is 30.5 Å². The Balaban J connectivity index is 2.12. The van der Waals surface area contributed by atoms with Gasteiger partial charge in [0.25, 0.3) is 0 Å². The van der Waals surface area contributed by atoms with Gasteiger partial charge >= 0.3 is 0 Å². The molecule has 1 atom stereocenters. The number of halogens is 1. The summed E-state index contributed by atoms with van der Waals surface area (Å²) >= 11 is 3.41. The Labute approximate surface area is 205 Å². The summed E-state index contributed by atoms with van der Waals surface area (Å²) < 4.78 is 26.8. The first-order valence-corrected chi connectivity index (χ1v) is 13.6. The Morgan fingerprint density at radius 1 is 1.06 bits per heavy atom. The molecule has 0 heterocycles. The third kappa shape index (κ3) is 8.47. The second-order valence-electron chi connectivity index (χ2n) is 7.89. The third-order valence-electron chi connectivity index (χ3n) is 5.18. The average molecular weight is 539 g/mol. The summed E-state index contributed by atoms with van der Waals surface area (Å²) in [7, 11) is -3.49. The van der Waals surface area contributed by atoms with E-state index in [1.165, 1.54) is 4.31 Å². The maximum absolute atomic E-state index is 13.2. The lowest BCUT2D eigenvalue weighted by atomic mass is 10.1. The first-order valence-electron chi connectivity index (χ1n) is 11.0. The lowest BCUT2D eigenvalue weighted by Gasteiger charge is -2.29. The fourth-order valence-corrected chi connectivity index (χ4v) is 4.59. The molecule has 7 nitrogen and oxygen atoms in total. The fraction of sp³-hybridized carbons (Fsp3) is 0.417. The van der Waals surface area contributed by atoms with Gasteiger partial charge in [-0.25, -0.2) is 8.42 Å². The van der Waals surface area contributed by atoms with E-state index in [1.807, 2.05) is 37.3 Å². The first-order chi connectivity index (χ1) is 15.6. The van der Waals surface area contributed by atoms with Crippen molar-refractivity contribution in [3.8, 4) is 0 Å². The van der Waals surface area contributed by atoms with Crippen LogP contribution in [0.4, 0.5) is 5.69 Å². The largest absolute Gasteiger partial charge is 0.354 e. The van der Waals surface area contributed by atoms with Crippen molar-refractivity contribution in [2.45, 2.75) is 45.7 Å². The summed E-state index contributed by atoms with van der Waals surface area (Å²) in [5, 5.41) is 2.85. The molecule has 0 radical (unpaired) electrons. The molecule has 2 amide bonds. The quantitative estimate of drug-likeness (QED) is 0.444. The summed E-state index contributed by atoms with van der Waals surface area (Å²) in [5.74, 6) is -0.400. The molecule has 0 aliphatic rings. The Morgan fingerprint density at radius 2 is 1.70 bits per heavy atom. The number of rotatable bonds is 12. The molecule has 180 valence electrons. The molecule has 0 aliphatic carbocycles. The molecular weight excluding hydrogens is 506 g/mol. The predicted molar refractivity (Wildman–Crippen MR) is 135 cm³/mol. The van der Waals surface area contributed by atoms with Gasteiger partial charge in [0.2, 0.25) is 21.8 Å². The highest BCUT2D eigenvalue weighted by Gasteiger charge is 2.26. The van der Waals surface area contributed by atoms with Crippen LogP contribution < -0.4 is 9.62 Å². The van der Waals surface area contributed by atoms with Gasteiger partial charge in [-0.1, -0.05) is 53.2 Å². The topological polar surface area (TPSA) is 86.8 Å². The standard InChI is InChI=1S/C24H32BrN3O4S/c1-4-16-26-24(30)19(2)27(18-20-12-14-21(25)15-13-20)23(29)11-8-17-28(33(3,31)32)22-9-6-5-7-10-22/h5-7,9-10,12-15,19H,4,8,11,16-18H2,1-3H3,(H,26,30). The number of carbonyl (C=O) groups excluding carboxylic acids is 2. The van der Waals surface area contributed by atoms with Crippen LogP contribution in [-0.2, 0) is 26.2 Å². The van der Waals surface area contributed by atoms with E-state index in [1.54, 1.807) is 36.1 Å². The zero-order valence-electron chi connectivity index (χ0n) is 19.3. The summed E-state index contributed by atoms with van der Waals surface area (Å²) in [6.45, 7) is 4.70. The van der Waals surface area contributed by atoms with Crippen molar-refractivity contribution in [3.63, 3.8) is 0 Å². The van der Waals surface area contributed by atoms with Crippen LogP contribution in [0.3, 0.4) is 0 Å². The fourth-order valence-electron chi connectivity index (χ4n) is 3.36. The minimum atomic E-state index is -3.49. The number of nitrogens with one attached hydrogen (secondary N) is 1. The lowest BCUT2D eigenvalue weighted by molar-refractivity contribution is -0.140. The highest BCUT2D eigenvalue weighted by molar-refractivity contribution is 9.10. The Hall–Kier alpha value is -2.39. The number of sulfonamides is 1. The predicted octanol–water partition coefficient (Wildman–Crippen LogP) is 3.94. The van der Waals surface area contributed by atoms with Gasteiger partial charge in [-0.05, 0) is 49.6 Å². The van der Waals surface area contributed by atoms with Gasteiger partial charge in [0.15, 0.2) is 0 Å². The number of para-hydroxylation sites is 1. The molecule has 2 aromatic rings. The molecule has 2 aromatic carbocycles. The van der Waals surface area contributed by atoms with Gasteiger partial charge in [0.05, 0.1) is 11.9 Å². The van der Waals surface area contributed by atoms with Crippen molar-refractivity contribution in [1.82, 2.24) is 10.2 Å². The average Bonchev–Trinajstić information content (AvgIpc) is 2.79. The monoisotopic (exact) mass is 537 g/mol. The Bertz CT molecular complexity index is 1010. The van der Waals surface area contributed by atoms with Gasteiger partial charge in [-0.2, -0.15) is 0 Å². The molecule has 0 spiro atoms. The summed E-state index contributed by atoms with van der Waals surface area (Å²) in [6.07, 6.45) is 2.42. The molecule has 0 bridgehead atoms. The van der Waals surface area contributed by atoms with Gasteiger partial charge < -0.3 is 10.2 Å². The van der Waals surface area contributed by atoms with Crippen LogP contribution in [0.5, 0.6) is 0 Å². The first kappa shape index (κ1) is 26.9. The molecule has 1 unspecified atom stereocenters. The molecule has 0 saturated carbocycles. The number of amides is 2. The van der Waals surface area contributed by atoms with Gasteiger partial charge in [-0.15, -0.1) is 0 Å². The van der Waals surface area contributed by atoms with Crippen molar-refractivity contribution in [2.75, 3.05) is 23.7 Å². The van der Waals surface area contributed by atoms with Crippen LogP contribution in [0.15, 0.2) is 59.1 Å². The lowest BCUT2D eigenvalue weighted by Crippen LogP contribution is -2.47. The molecule has 0 saturated heterocycles. The maximum Gasteiger partial charge on any atom is 0.242 e. The van der Waals surface area contributed by atoms with Crippen LogP contribution in [0.2, 0.25) is 0 Å². The number of hydrogen-bond donors (Lipinski definition) is 1. The number of nitrogens with zero attached hydrogens (tertiary/aromatic N) is 2. The molecule has 0 aromatic heterocycles. The van der Waals surface area contributed by atoms with Crippen LogP contribution in [0.25, 0.3) is 0 Å². The van der Waals surface area contributed by atoms with Crippen LogP contribution >= 0.6 is 15.9 Å². The van der Waals surface area contributed by atoms with E-state index in [-0.39, 0.29) is 24.8 Å². The Morgan fingerprint density at radius 3 is 2.27 bits per heavy atom. The molecule has 0 fully saturated rings. The maximum atomic E-state index is 13.2. The number of hydrogen-bond acceptors (Lipinski definition) is 4. The molecule has 2 rings (SSSR count). The minimum Gasteiger partial charge on any atom is -0.354 e. The second-order valence-corrected chi connectivity index (χ2v) is 10.7. The van der Waals surface area contributed by atoms with E-state index in [9.17, 15) is 18.0 Å². The zero-order valence-corrected chi connectivity index (χ0v) is 21.7. The van der Waals surface area contributed by atoms with E-state index in [0.717, 1.165) is 22.7 Å². The molecule has 33 heavy (non-hydrogen) atoms. The Kier molecular flexibility index (Phi) is 10.4. The van der Waals surface area contributed by atoms with E-state index < -0.39 is 16.1 Å². The van der Waals surface area contributed by atoms with E-state index in [4.69, 9.17) is 0 Å². The summed E-state index contributed by atoms with van der Waals surface area (Å²) in [4.78, 5) is 27.3. The van der Waals surface area contributed by atoms with Gasteiger partial charge in [0.1, 0.15) is 6.04 Å². The zero-order chi connectivity index (χ0) is 24.4. The molecular formula is C24H32BrN3O4S. The van der Waals surface area contributed by atoms with Crippen LogP contribution in [0.1, 0.15) is 38.7 Å². The molecule has 9 heteroatoms. The van der Waals surface area contributed by atoms with Crippen molar-refractivity contribution in [1.29, 1.82) is 0 Å². The number of benzene rings is 2. The number of carbonyl (C=O) groups is 2. The van der Waals surface area contributed by atoms with Crippen molar-refractivity contribution < 1.29 is 18.0 Å². The summed E-state index contributed by atoms with van der Waals surface area (Å²) in [6, 6.07) is 15.8. The summed E-state index contributed by atoms with van der Waals surface area (Å²) in [5.41, 5.74) is 1.47. The SMILES string of the molecule is CCCNC(=O)C(C)N(Cc1ccc(Br)cc1)C(=O)CCCN(c1ccccc1)S(C)(=O)=O. The van der Waals surface area contributed by atoms with Crippen LogP contribution in [-0.4, -0.2) is 50.5 Å². The van der Waals surface area contributed by atoms with E-state index in [2.05, 4.69) is 21.2 Å². The highest BCUT2D eigenvalue weighted by atomic mass is 79.9. The third-order valence-corrected chi connectivity index (χ3v) is 6.90. The minimum absolute atomic E-state index is 0.126. The number of anilines is 1. The van der Waals surface area contributed by atoms with Crippen molar-refractivity contribution in [2.24, 2.45) is 0 Å². The van der Waals surface area contributed by atoms with E-state index >= 15 is 0 Å². The smallest absolute Gasteiger partial charge is 0.242 e. The van der Waals surface area contributed by atoms with Crippen LogP contribution in [0, 0.1) is 0 Å². The normalized spacial score (nSPS) is 12.1.